The SMILES string of the molecule is CCCC[C@@H](C)CC[C@H](O)c1ccc(O)c(CC(C)=O)c1. The number of aliphatic hydroxyl groups excluding tert-OH is 1. The molecule has 0 aliphatic rings. The third-order valence-electron chi connectivity index (χ3n) is 3.91. The molecule has 0 heterocycles. The van der Waals surface area contributed by atoms with Crippen LogP contribution in [0.4, 0.5) is 0 Å². The highest BCUT2D eigenvalue weighted by Crippen LogP contribution is 2.27. The molecule has 1 rings (SSSR count). The van der Waals surface area contributed by atoms with Gasteiger partial charge >= 0.3 is 0 Å². The molecule has 0 bridgehead atoms. The first-order valence-electron chi connectivity index (χ1n) is 7.93. The first-order valence-corrected chi connectivity index (χ1v) is 7.93. The van der Waals surface area contributed by atoms with E-state index in [0.717, 1.165) is 18.4 Å². The van der Waals surface area contributed by atoms with Crippen LogP contribution in [-0.2, 0) is 11.2 Å². The van der Waals surface area contributed by atoms with Crippen LogP contribution in [-0.4, -0.2) is 16.0 Å². The van der Waals surface area contributed by atoms with Crippen molar-refractivity contribution in [3.05, 3.63) is 29.3 Å². The third-order valence-corrected chi connectivity index (χ3v) is 3.91. The van der Waals surface area contributed by atoms with Crippen LogP contribution in [0.25, 0.3) is 0 Å². The quantitative estimate of drug-likeness (QED) is 0.718. The number of hydrogen-bond acceptors (Lipinski definition) is 3. The summed E-state index contributed by atoms with van der Waals surface area (Å²) in [5.41, 5.74) is 1.38. The second-order valence-corrected chi connectivity index (χ2v) is 6.11. The van der Waals surface area contributed by atoms with Gasteiger partial charge in [0.1, 0.15) is 11.5 Å². The zero-order chi connectivity index (χ0) is 15.8. The van der Waals surface area contributed by atoms with Crippen LogP contribution in [0.15, 0.2) is 18.2 Å². The summed E-state index contributed by atoms with van der Waals surface area (Å²) in [7, 11) is 0. The van der Waals surface area contributed by atoms with Crippen LogP contribution < -0.4 is 0 Å². The summed E-state index contributed by atoms with van der Waals surface area (Å²) in [5.74, 6) is 0.746. The standard InChI is InChI=1S/C18H28O3/c1-4-5-6-13(2)7-9-17(20)15-8-10-18(21)16(12-15)11-14(3)19/h8,10,12-13,17,20-21H,4-7,9,11H2,1-3H3/t13-,17+/m1/s1. The van der Waals surface area contributed by atoms with Crippen molar-refractivity contribution in [3.8, 4) is 5.75 Å². The summed E-state index contributed by atoms with van der Waals surface area (Å²) in [6.07, 6.45) is 5.03. The zero-order valence-corrected chi connectivity index (χ0v) is 13.4. The van der Waals surface area contributed by atoms with Gasteiger partial charge in [-0.15, -0.1) is 0 Å². The molecule has 2 N–H and O–H groups in total. The number of unbranched alkanes of at least 4 members (excludes halogenated alkanes) is 1. The van der Waals surface area contributed by atoms with Crippen molar-refractivity contribution >= 4 is 5.78 Å². The summed E-state index contributed by atoms with van der Waals surface area (Å²) in [4.78, 5) is 11.2. The molecule has 0 aromatic heterocycles. The largest absolute Gasteiger partial charge is 0.508 e. The highest BCUT2D eigenvalue weighted by Gasteiger charge is 2.13. The molecule has 0 aliphatic carbocycles. The summed E-state index contributed by atoms with van der Waals surface area (Å²) in [5, 5.41) is 20.0. The van der Waals surface area contributed by atoms with Gasteiger partial charge in [-0.3, -0.25) is 4.79 Å². The van der Waals surface area contributed by atoms with E-state index in [4.69, 9.17) is 0 Å². The Hall–Kier alpha value is -1.35. The number of ketones is 1. The number of benzene rings is 1. The number of hydrogen-bond donors (Lipinski definition) is 2. The number of carbonyl (C=O) groups excluding carboxylic acids is 1. The van der Waals surface area contributed by atoms with Gasteiger partial charge in [-0.05, 0) is 43.4 Å². The topological polar surface area (TPSA) is 57.5 Å². The smallest absolute Gasteiger partial charge is 0.134 e. The first kappa shape index (κ1) is 17.7. The normalized spacial score (nSPS) is 13.9. The fourth-order valence-corrected chi connectivity index (χ4v) is 2.53. The Bertz CT molecular complexity index is 454. The third kappa shape index (κ3) is 6.30. The Morgan fingerprint density at radius 3 is 2.57 bits per heavy atom. The molecule has 0 saturated heterocycles. The van der Waals surface area contributed by atoms with E-state index in [1.165, 1.54) is 26.2 Å². The van der Waals surface area contributed by atoms with Crippen molar-refractivity contribution in [1.29, 1.82) is 0 Å². The minimum atomic E-state index is -0.527. The number of phenols is 1. The van der Waals surface area contributed by atoms with Crippen LogP contribution in [0, 0.1) is 5.92 Å². The number of rotatable bonds is 9. The maximum atomic E-state index is 11.2. The number of Topliss-reactive ketones (excluding diaryl/α,β-unsaturated/α-hetero) is 1. The van der Waals surface area contributed by atoms with Crippen molar-refractivity contribution < 1.29 is 15.0 Å². The Labute approximate surface area is 128 Å². The van der Waals surface area contributed by atoms with Crippen LogP contribution in [0.3, 0.4) is 0 Å². The molecule has 1 aromatic rings. The lowest BCUT2D eigenvalue weighted by atomic mass is 9.94. The van der Waals surface area contributed by atoms with Gasteiger partial charge in [0, 0.05) is 12.0 Å². The molecule has 0 aliphatic heterocycles. The number of aliphatic hydroxyl groups is 1. The molecule has 2 atom stereocenters. The van der Waals surface area contributed by atoms with Gasteiger partial charge in [0.15, 0.2) is 0 Å². The highest BCUT2D eigenvalue weighted by atomic mass is 16.3. The van der Waals surface area contributed by atoms with E-state index in [1.807, 2.05) is 0 Å². The summed E-state index contributed by atoms with van der Waals surface area (Å²) >= 11 is 0. The molecule has 0 radical (unpaired) electrons. The van der Waals surface area contributed by atoms with Crippen LogP contribution in [0.2, 0.25) is 0 Å². The predicted molar refractivity (Wildman–Crippen MR) is 85.4 cm³/mol. The summed E-state index contributed by atoms with van der Waals surface area (Å²) < 4.78 is 0. The average Bonchev–Trinajstić information content (AvgIpc) is 2.44. The van der Waals surface area contributed by atoms with Crippen LogP contribution in [0.1, 0.15) is 70.1 Å². The molecule has 0 spiro atoms. The van der Waals surface area contributed by atoms with E-state index in [0.29, 0.717) is 11.5 Å². The van der Waals surface area contributed by atoms with E-state index in [2.05, 4.69) is 13.8 Å². The molecule has 3 nitrogen and oxygen atoms in total. The van der Waals surface area contributed by atoms with Gasteiger partial charge in [0.05, 0.1) is 6.10 Å². The molecular formula is C18H28O3. The average molecular weight is 292 g/mol. The molecule has 0 saturated carbocycles. The lowest BCUT2D eigenvalue weighted by Crippen LogP contribution is -2.04. The van der Waals surface area contributed by atoms with Gasteiger partial charge in [0.2, 0.25) is 0 Å². The Kier molecular flexibility index (Phi) is 7.44. The van der Waals surface area contributed by atoms with Gasteiger partial charge in [-0.25, -0.2) is 0 Å². The van der Waals surface area contributed by atoms with Gasteiger partial charge in [-0.2, -0.15) is 0 Å². The van der Waals surface area contributed by atoms with Crippen molar-refractivity contribution in [2.24, 2.45) is 5.92 Å². The van der Waals surface area contributed by atoms with E-state index < -0.39 is 6.10 Å². The molecule has 3 heteroatoms. The fraction of sp³-hybridized carbons (Fsp3) is 0.611. The lowest BCUT2D eigenvalue weighted by Gasteiger charge is -2.16. The van der Waals surface area contributed by atoms with E-state index in [9.17, 15) is 15.0 Å². The zero-order valence-electron chi connectivity index (χ0n) is 13.4. The minimum absolute atomic E-state index is 0.00475. The summed E-state index contributed by atoms with van der Waals surface area (Å²) in [6, 6.07) is 5.05. The monoisotopic (exact) mass is 292 g/mol. The van der Waals surface area contributed by atoms with E-state index in [1.54, 1.807) is 18.2 Å². The van der Waals surface area contributed by atoms with Gasteiger partial charge in [-0.1, -0.05) is 39.2 Å². The molecular weight excluding hydrogens is 264 g/mol. The molecule has 0 unspecified atom stereocenters. The second kappa shape index (κ2) is 8.83. The van der Waals surface area contributed by atoms with Crippen molar-refractivity contribution in [1.82, 2.24) is 0 Å². The number of aromatic hydroxyl groups is 1. The van der Waals surface area contributed by atoms with Crippen molar-refractivity contribution in [2.45, 2.75) is 65.4 Å². The first-order chi connectivity index (χ1) is 9.93. The number of phenolic OH excluding ortho intramolecular Hbond substituents is 1. The van der Waals surface area contributed by atoms with E-state index in [-0.39, 0.29) is 18.0 Å². The maximum Gasteiger partial charge on any atom is 0.134 e. The van der Waals surface area contributed by atoms with Crippen LogP contribution >= 0.6 is 0 Å². The van der Waals surface area contributed by atoms with Crippen molar-refractivity contribution in [2.75, 3.05) is 0 Å². The molecule has 0 amide bonds. The molecule has 1 aromatic carbocycles. The van der Waals surface area contributed by atoms with Gasteiger partial charge in [0.25, 0.3) is 0 Å². The molecule has 118 valence electrons. The molecule has 21 heavy (non-hydrogen) atoms. The second-order valence-electron chi connectivity index (χ2n) is 6.11. The van der Waals surface area contributed by atoms with Crippen molar-refractivity contribution in [3.63, 3.8) is 0 Å². The van der Waals surface area contributed by atoms with E-state index >= 15 is 0 Å². The Morgan fingerprint density at radius 1 is 1.24 bits per heavy atom. The fourth-order valence-electron chi connectivity index (χ4n) is 2.53. The minimum Gasteiger partial charge on any atom is -0.508 e. The predicted octanol–water partition coefficient (Wildman–Crippen LogP) is 4.16. The Balaban J connectivity index is 2.61. The highest BCUT2D eigenvalue weighted by molar-refractivity contribution is 5.79. The summed E-state index contributed by atoms with van der Waals surface area (Å²) in [6.45, 7) is 5.91. The maximum absolute atomic E-state index is 11.2. The van der Waals surface area contributed by atoms with Gasteiger partial charge < -0.3 is 10.2 Å². The lowest BCUT2D eigenvalue weighted by molar-refractivity contribution is -0.116. The van der Waals surface area contributed by atoms with Crippen LogP contribution in [0.5, 0.6) is 5.75 Å². The Morgan fingerprint density at radius 2 is 1.95 bits per heavy atom. The number of carbonyl (C=O) groups is 1. The molecule has 0 fully saturated rings.